The number of hydrogen-bond acceptors (Lipinski definition) is 6. The van der Waals surface area contributed by atoms with E-state index in [1.54, 1.807) is 36.4 Å². The van der Waals surface area contributed by atoms with Gasteiger partial charge in [0.05, 0.1) is 12.7 Å². The Bertz CT molecular complexity index is 1200. The van der Waals surface area contributed by atoms with Gasteiger partial charge in [-0.2, -0.15) is 0 Å². The number of benzene rings is 3. The van der Waals surface area contributed by atoms with E-state index in [1.807, 2.05) is 31.2 Å². The number of aldehydes is 1. The highest BCUT2D eigenvalue weighted by Crippen LogP contribution is 2.32. The van der Waals surface area contributed by atoms with Gasteiger partial charge in [-0.25, -0.2) is 15.0 Å². The quantitative estimate of drug-likeness (QED) is 0.491. The summed E-state index contributed by atoms with van der Waals surface area (Å²) < 4.78 is 5.16. The number of methoxy groups -OCH3 is 1. The first-order valence-corrected chi connectivity index (χ1v) is 9.33. The van der Waals surface area contributed by atoms with Gasteiger partial charge < -0.3 is 9.84 Å². The van der Waals surface area contributed by atoms with Crippen LogP contribution in [-0.4, -0.2) is 33.5 Å². The fourth-order valence-corrected chi connectivity index (χ4v) is 3.00. The maximum atomic E-state index is 11.0. The van der Waals surface area contributed by atoms with E-state index in [9.17, 15) is 9.90 Å². The fourth-order valence-electron chi connectivity index (χ4n) is 3.00. The molecule has 0 amide bonds. The van der Waals surface area contributed by atoms with Crippen molar-refractivity contribution in [3.63, 3.8) is 0 Å². The van der Waals surface area contributed by atoms with E-state index < -0.39 is 0 Å². The molecule has 1 N–H and O–H groups in total. The largest absolute Gasteiger partial charge is 0.507 e. The van der Waals surface area contributed by atoms with Crippen LogP contribution in [0.1, 0.15) is 15.9 Å². The predicted molar refractivity (Wildman–Crippen MR) is 114 cm³/mol. The van der Waals surface area contributed by atoms with E-state index in [-0.39, 0.29) is 5.75 Å². The maximum absolute atomic E-state index is 11.0. The lowest BCUT2D eigenvalue weighted by atomic mass is 10.1. The summed E-state index contributed by atoms with van der Waals surface area (Å²) in [6, 6.07) is 19.8. The number of rotatable bonds is 5. The minimum absolute atomic E-state index is 0.0117. The van der Waals surface area contributed by atoms with Crippen molar-refractivity contribution < 1.29 is 14.6 Å². The zero-order valence-corrected chi connectivity index (χ0v) is 16.5. The molecule has 6 heteroatoms. The Morgan fingerprint density at radius 1 is 0.800 bits per heavy atom. The molecule has 4 rings (SSSR count). The van der Waals surface area contributed by atoms with Gasteiger partial charge in [0, 0.05) is 22.8 Å². The summed E-state index contributed by atoms with van der Waals surface area (Å²) in [4.78, 5) is 24.8. The number of ether oxygens (including phenoxy) is 1. The van der Waals surface area contributed by atoms with Crippen LogP contribution in [0.5, 0.6) is 11.5 Å². The zero-order valence-electron chi connectivity index (χ0n) is 16.5. The average molecular weight is 397 g/mol. The second-order valence-electron chi connectivity index (χ2n) is 6.80. The first-order valence-electron chi connectivity index (χ1n) is 9.33. The van der Waals surface area contributed by atoms with Crippen LogP contribution < -0.4 is 4.74 Å². The fraction of sp³-hybridized carbons (Fsp3) is 0.0833. The third kappa shape index (κ3) is 3.89. The van der Waals surface area contributed by atoms with Gasteiger partial charge >= 0.3 is 0 Å². The molecular formula is C24H19N3O3. The van der Waals surface area contributed by atoms with Gasteiger partial charge in [-0.05, 0) is 19.1 Å². The third-order valence-corrected chi connectivity index (χ3v) is 4.70. The van der Waals surface area contributed by atoms with Gasteiger partial charge in [-0.1, -0.05) is 54.1 Å². The Labute approximate surface area is 173 Å². The predicted octanol–water partition coefficient (Wildman–Crippen LogP) is 4.71. The van der Waals surface area contributed by atoms with Crippen LogP contribution in [0.15, 0.2) is 66.7 Å². The molecule has 0 fully saturated rings. The zero-order chi connectivity index (χ0) is 21.1. The Hall–Kier alpha value is -4.06. The van der Waals surface area contributed by atoms with E-state index >= 15 is 0 Å². The molecule has 0 saturated heterocycles. The molecule has 0 radical (unpaired) electrons. The molecule has 0 saturated carbocycles. The molecule has 1 aromatic heterocycles. The van der Waals surface area contributed by atoms with Crippen molar-refractivity contribution in [1.29, 1.82) is 0 Å². The third-order valence-electron chi connectivity index (χ3n) is 4.70. The molecule has 0 atom stereocenters. The molecule has 0 unspecified atom stereocenters. The number of carbonyl (C=O) groups excluding carboxylic acids is 1. The number of phenols is 1. The summed E-state index contributed by atoms with van der Waals surface area (Å²) in [6.45, 7) is 2.01. The van der Waals surface area contributed by atoms with E-state index in [1.165, 1.54) is 13.2 Å². The second kappa shape index (κ2) is 8.13. The minimum Gasteiger partial charge on any atom is -0.507 e. The highest BCUT2D eigenvalue weighted by molar-refractivity contribution is 5.76. The van der Waals surface area contributed by atoms with Crippen LogP contribution >= 0.6 is 0 Å². The first-order chi connectivity index (χ1) is 14.6. The summed E-state index contributed by atoms with van der Waals surface area (Å²) in [5.74, 6) is 1.83. The van der Waals surface area contributed by atoms with Crippen LogP contribution in [0.3, 0.4) is 0 Å². The number of nitrogens with zero attached hydrogens (tertiary/aromatic N) is 3. The van der Waals surface area contributed by atoms with Crippen LogP contribution in [0.25, 0.3) is 34.2 Å². The van der Waals surface area contributed by atoms with Crippen LogP contribution in [0.4, 0.5) is 0 Å². The first kappa shape index (κ1) is 19.3. The van der Waals surface area contributed by atoms with Gasteiger partial charge in [-0.15, -0.1) is 0 Å². The second-order valence-corrected chi connectivity index (χ2v) is 6.80. The van der Waals surface area contributed by atoms with Gasteiger partial charge in [0.15, 0.2) is 17.5 Å². The Morgan fingerprint density at radius 3 is 1.90 bits per heavy atom. The normalized spacial score (nSPS) is 10.6. The van der Waals surface area contributed by atoms with E-state index in [0.29, 0.717) is 34.3 Å². The maximum Gasteiger partial charge on any atom is 0.167 e. The molecule has 0 aliphatic heterocycles. The standard InChI is InChI=1S/C24H19N3O3/c1-15-3-7-17(8-4-15)22-25-23(18-9-5-16(14-28)6-10-18)27-24(26-22)20-12-11-19(30-2)13-21(20)29/h3-14,29H,1-2H3. The van der Waals surface area contributed by atoms with E-state index in [0.717, 1.165) is 23.0 Å². The van der Waals surface area contributed by atoms with Gasteiger partial charge in [0.25, 0.3) is 0 Å². The van der Waals surface area contributed by atoms with Crippen molar-refractivity contribution in [2.45, 2.75) is 6.92 Å². The van der Waals surface area contributed by atoms with Gasteiger partial charge in [-0.3, -0.25) is 4.79 Å². The summed E-state index contributed by atoms with van der Waals surface area (Å²) in [7, 11) is 1.54. The molecule has 6 nitrogen and oxygen atoms in total. The van der Waals surface area contributed by atoms with Gasteiger partial charge in [0.2, 0.25) is 0 Å². The smallest absolute Gasteiger partial charge is 0.167 e. The Morgan fingerprint density at radius 2 is 1.37 bits per heavy atom. The van der Waals surface area contributed by atoms with Crippen molar-refractivity contribution in [2.24, 2.45) is 0 Å². The molecule has 0 aliphatic rings. The topological polar surface area (TPSA) is 85.2 Å². The lowest BCUT2D eigenvalue weighted by Crippen LogP contribution is -2.00. The SMILES string of the molecule is COc1ccc(-c2nc(-c3ccc(C)cc3)nc(-c3ccc(C=O)cc3)n2)c(O)c1. The lowest BCUT2D eigenvalue weighted by Gasteiger charge is -2.10. The van der Waals surface area contributed by atoms with Crippen molar-refractivity contribution in [2.75, 3.05) is 7.11 Å². The monoisotopic (exact) mass is 397 g/mol. The van der Waals surface area contributed by atoms with Crippen molar-refractivity contribution in [3.05, 3.63) is 77.9 Å². The molecule has 148 valence electrons. The van der Waals surface area contributed by atoms with Crippen molar-refractivity contribution in [1.82, 2.24) is 15.0 Å². The molecule has 0 bridgehead atoms. The summed E-state index contributed by atoms with van der Waals surface area (Å²) in [5, 5.41) is 10.5. The van der Waals surface area contributed by atoms with E-state index in [4.69, 9.17) is 4.74 Å². The molecule has 4 aromatic rings. The molecule has 3 aromatic carbocycles. The molecule has 0 aliphatic carbocycles. The number of phenolic OH excluding ortho intramolecular Hbond substituents is 1. The summed E-state index contributed by atoms with van der Waals surface area (Å²) in [6.07, 6.45) is 0.787. The number of aromatic hydroxyl groups is 1. The number of aryl methyl sites for hydroxylation is 1. The Kier molecular flexibility index (Phi) is 5.22. The number of carbonyl (C=O) groups is 1. The van der Waals surface area contributed by atoms with E-state index in [2.05, 4.69) is 15.0 Å². The Balaban J connectivity index is 1.89. The molecule has 1 heterocycles. The highest BCUT2D eigenvalue weighted by Gasteiger charge is 2.15. The number of aromatic nitrogens is 3. The lowest BCUT2D eigenvalue weighted by molar-refractivity contribution is 0.112. The van der Waals surface area contributed by atoms with Crippen molar-refractivity contribution >= 4 is 6.29 Å². The molecule has 30 heavy (non-hydrogen) atoms. The van der Waals surface area contributed by atoms with Crippen molar-refractivity contribution in [3.8, 4) is 45.7 Å². The highest BCUT2D eigenvalue weighted by atomic mass is 16.5. The minimum atomic E-state index is 0.0117. The van der Waals surface area contributed by atoms with Crippen LogP contribution in [-0.2, 0) is 0 Å². The van der Waals surface area contributed by atoms with Crippen LogP contribution in [0, 0.1) is 6.92 Å². The molecular weight excluding hydrogens is 378 g/mol. The average Bonchev–Trinajstić information content (AvgIpc) is 2.79. The number of hydrogen-bond donors (Lipinski definition) is 1. The van der Waals surface area contributed by atoms with Crippen LogP contribution in [0.2, 0.25) is 0 Å². The summed E-state index contributed by atoms with van der Waals surface area (Å²) in [5.41, 5.74) is 3.75. The molecule has 0 spiro atoms. The summed E-state index contributed by atoms with van der Waals surface area (Å²) >= 11 is 0. The van der Waals surface area contributed by atoms with Gasteiger partial charge in [0.1, 0.15) is 17.8 Å².